The predicted molar refractivity (Wildman–Crippen MR) is 61.7 cm³/mol. The van der Waals surface area contributed by atoms with Crippen molar-refractivity contribution in [3.05, 3.63) is 35.8 Å². The van der Waals surface area contributed by atoms with Crippen molar-refractivity contribution in [2.24, 2.45) is 0 Å². The molecule has 0 aliphatic heterocycles. The first-order valence-electron chi connectivity index (χ1n) is 5.16. The van der Waals surface area contributed by atoms with Gasteiger partial charge in [-0.1, -0.05) is 6.08 Å². The molecule has 1 amide bonds. The Kier molecular flexibility index (Phi) is 4.51. The number of nitrogens with one attached hydrogen (secondary N) is 1. The Balaban J connectivity index is 2.47. The van der Waals surface area contributed by atoms with Gasteiger partial charge in [-0.2, -0.15) is 0 Å². The summed E-state index contributed by atoms with van der Waals surface area (Å²) in [7, 11) is 0. The third kappa shape index (κ3) is 3.79. The van der Waals surface area contributed by atoms with Crippen molar-refractivity contribution in [3.8, 4) is 0 Å². The van der Waals surface area contributed by atoms with Crippen LogP contribution in [0, 0.1) is 13.8 Å². The van der Waals surface area contributed by atoms with Crippen LogP contribution >= 0.6 is 0 Å². The van der Waals surface area contributed by atoms with E-state index >= 15 is 0 Å². The third-order valence-electron chi connectivity index (χ3n) is 2.04. The molecule has 0 aromatic carbocycles. The maximum Gasteiger partial charge on any atom is 0.342 e. The zero-order chi connectivity index (χ0) is 12.8. The van der Waals surface area contributed by atoms with E-state index in [0.29, 0.717) is 23.6 Å². The lowest BCUT2D eigenvalue weighted by Gasteiger charge is -2.03. The minimum Gasteiger partial charge on any atom is -0.466 e. The van der Waals surface area contributed by atoms with Gasteiger partial charge in [0.05, 0.1) is 0 Å². The summed E-state index contributed by atoms with van der Waals surface area (Å²) in [6.07, 6.45) is 1.54. The van der Waals surface area contributed by atoms with Gasteiger partial charge >= 0.3 is 5.97 Å². The Hall–Kier alpha value is -2.04. The molecule has 0 bridgehead atoms. The van der Waals surface area contributed by atoms with E-state index in [1.54, 1.807) is 26.0 Å². The Morgan fingerprint density at radius 1 is 1.53 bits per heavy atom. The molecule has 92 valence electrons. The molecule has 0 saturated carbocycles. The van der Waals surface area contributed by atoms with E-state index in [-0.39, 0.29) is 12.5 Å². The molecule has 5 heteroatoms. The van der Waals surface area contributed by atoms with Crippen LogP contribution in [-0.4, -0.2) is 25.0 Å². The molecule has 1 heterocycles. The van der Waals surface area contributed by atoms with Gasteiger partial charge in [0, 0.05) is 6.54 Å². The van der Waals surface area contributed by atoms with E-state index in [2.05, 4.69) is 11.9 Å². The van der Waals surface area contributed by atoms with Crippen LogP contribution < -0.4 is 5.32 Å². The molecule has 0 aliphatic rings. The number of furan rings is 1. The Morgan fingerprint density at radius 3 is 2.76 bits per heavy atom. The minimum atomic E-state index is -0.562. The molecule has 0 aliphatic carbocycles. The third-order valence-corrected chi connectivity index (χ3v) is 2.04. The van der Waals surface area contributed by atoms with Crippen molar-refractivity contribution >= 4 is 11.9 Å². The summed E-state index contributed by atoms with van der Waals surface area (Å²) in [6.45, 7) is 6.90. The Bertz CT molecular complexity index is 434. The normalized spacial score (nSPS) is 9.76. The predicted octanol–water partition coefficient (Wildman–Crippen LogP) is 1.36. The van der Waals surface area contributed by atoms with Crippen LogP contribution in [0.3, 0.4) is 0 Å². The zero-order valence-electron chi connectivity index (χ0n) is 9.91. The average Bonchev–Trinajstić information content (AvgIpc) is 2.62. The summed E-state index contributed by atoms with van der Waals surface area (Å²) in [5, 5.41) is 2.50. The minimum absolute atomic E-state index is 0.309. The van der Waals surface area contributed by atoms with Crippen LogP contribution in [0.1, 0.15) is 21.9 Å². The van der Waals surface area contributed by atoms with E-state index in [9.17, 15) is 9.59 Å². The van der Waals surface area contributed by atoms with Gasteiger partial charge in [0.2, 0.25) is 0 Å². The molecule has 1 aromatic rings. The second-order valence-electron chi connectivity index (χ2n) is 3.50. The molecule has 0 fully saturated rings. The number of carbonyl (C=O) groups is 2. The highest BCUT2D eigenvalue weighted by molar-refractivity contribution is 5.92. The van der Waals surface area contributed by atoms with E-state index in [1.807, 2.05) is 0 Å². The second kappa shape index (κ2) is 5.89. The number of ether oxygens (including phenoxy) is 1. The Morgan fingerprint density at radius 2 is 2.24 bits per heavy atom. The monoisotopic (exact) mass is 237 g/mol. The Labute approximate surface area is 99.4 Å². The van der Waals surface area contributed by atoms with Crippen molar-refractivity contribution in [2.75, 3.05) is 13.2 Å². The number of esters is 1. The van der Waals surface area contributed by atoms with Gasteiger partial charge < -0.3 is 14.5 Å². The second-order valence-corrected chi connectivity index (χ2v) is 3.50. The van der Waals surface area contributed by atoms with Crippen molar-refractivity contribution in [3.63, 3.8) is 0 Å². The van der Waals surface area contributed by atoms with Crippen LogP contribution in [0.15, 0.2) is 23.1 Å². The van der Waals surface area contributed by atoms with Crippen molar-refractivity contribution in [1.82, 2.24) is 5.32 Å². The molecule has 0 radical (unpaired) electrons. The van der Waals surface area contributed by atoms with Crippen molar-refractivity contribution in [1.29, 1.82) is 0 Å². The van der Waals surface area contributed by atoms with Crippen LogP contribution in [-0.2, 0) is 9.53 Å². The van der Waals surface area contributed by atoms with E-state index < -0.39 is 5.97 Å². The fourth-order valence-corrected chi connectivity index (χ4v) is 1.28. The summed E-state index contributed by atoms with van der Waals surface area (Å²) in [5.74, 6) is 0.189. The quantitative estimate of drug-likeness (QED) is 0.620. The zero-order valence-corrected chi connectivity index (χ0v) is 9.91. The topological polar surface area (TPSA) is 68.5 Å². The first-order valence-corrected chi connectivity index (χ1v) is 5.16. The van der Waals surface area contributed by atoms with Crippen LogP contribution in [0.2, 0.25) is 0 Å². The number of hydrogen-bond donors (Lipinski definition) is 1. The molecule has 0 spiro atoms. The fourth-order valence-electron chi connectivity index (χ4n) is 1.28. The molecule has 0 atom stereocenters. The molecule has 1 N–H and O–H groups in total. The first kappa shape index (κ1) is 13.0. The molecule has 1 rings (SSSR count). The molecule has 5 nitrogen and oxygen atoms in total. The molecular formula is C12H15NO4. The molecule has 17 heavy (non-hydrogen) atoms. The van der Waals surface area contributed by atoms with Gasteiger partial charge in [0.25, 0.3) is 5.91 Å². The summed E-state index contributed by atoms with van der Waals surface area (Å²) in [4.78, 5) is 22.7. The average molecular weight is 237 g/mol. The lowest BCUT2D eigenvalue weighted by atomic mass is 10.2. The van der Waals surface area contributed by atoms with Gasteiger partial charge in [-0.05, 0) is 19.9 Å². The summed E-state index contributed by atoms with van der Waals surface area (Å²) < 4.78 is 10.0. The standard InChI is InChI=1S/C12H15NO4/c1-4-5-13-11(14)7-16-12(15)10-6-8(2)17-9(10)3/h4,6H,1,5,7H2,2-3H3,(H,13,14). The van der Waals surface area contributed by atoms with Crippen LogP contribution in [0.25, 0.3) is 0 Å². The van der Waals surface area contributed by atoms with E-state index in [1.165, 1.54) is 0 Å². The van der Waals surface area contributed by atoms with Gasteiger partial charge in [0.1, 0.15) is 17.1 Å². The molecule has 0 unspecified atom stereocenters. The van der Waals surface area contributed by atoms with E-state index in [4.69, 9.17) is 9.15 Å². The van der Waals surface area contributed by atoms with Crippen molar-refractivity contribution < 1.29 is 18.7 Å². The maximum absolute atomic E-state index is 11.6. The van der Waals surface area contributed by atoms with Gasteiger partial charge in [-0.25, -0.2) is 4.79 Å². The van der Waals surface area contributed by atoms with Crippen LogP contribution in [0.5, 0.6) is 0 Å². The number of hydrogen-bond acceptors (Lipinski definition) is 4. The lowest BCUT2D eigenvalue weighted by molar-refractivity contribution is -0.124. The number of amides is 1. The highest BCUT2D eigenvalue weighted by Gasteiger charge is 2.15. The maximum atomic E-state index is 11.6. The van der Waals surface area contributed by atoms with E-state index in [0.717, 1.165) is 0 Å². The highest BCUT2D eigenvalue weighted by atomic mass is 16.5. The first-order chi connectivity index (χ1) is 8.04. The smallest absolute Gasteiger partial charge is 0.342 e. The fraction of sp³-hybridized carbons (Fsp3) is 0.333. The summed E-state index contributed by atoms with van der Waals surface area (Å²) in [5.41, 5.74) is 0.346. The molecular weight excluding hydrogens is 222 g/mol. The van der Waals surface area contributed by atoms with Crippen LogP contribution in [0.4, 0.5) is 0 Å². The summed E-state index contributed by atoms with van der Waals surface area (Å²) in [6, 6.07) is 1.58. The molecule has 0 saturated heterocycles. The van der Waals surface area contributed by atoms with Gasteiger partial charge in [0.15, 0.2) is 6.61 Å². The van der Waals surface area contributed by atoms with Gasteiger partial charge in [-0.15, -0.1) is 6.58 Å². The SMILES string of the molecule is C=CCNC(=O)COC(=O)c1cc(C)oc1C. The number of carbonyl (C=O) groups excluding carboxylic acids is 2. The largest absolute Gasteiger partial charge is 0.466 e. The molecule has 1 aromatic heterocycles. The number of rotatable bonds is 5. The van der Waals surface area contributed by atoms with Gasteiger partial charge in [-0.3, -0.25) is 4.79 Å². The highest BCUT2D eigenvalue weighted by Crippen LogP contribution is 2.14. The number of aryl methyl sites for hydroxylation is 2. The van der Waals surface area contributed by atoms with Crippen molar-refractivity contribution in [2.45, 2.75) is 13.8 Å². The lowest BCUT2D eigenvalue weighted by Crippen LogP contribution is -2.28. The summed E-state index contributed by atoms with van der Waals surface area (Å²) >= 11 is 0.